The van der Waals surface area contributed by atoms with Crippen LogP contribution >= 0.6 is 11.6 Å². The van der Waals surface area contributed by atoms with Crippen LogP contribution in [-0.4, -0.2) is 36.3 Å². The molecule has 1 atom stereocenters. The smallest absolute Gasteiger partial charge is 0.326 e. The number of rotatable bonds is 7. The number of aromatic nitrogens is 1. The molecule has 1 N–H and O–H groups in total. The molecule has 0 saturated carbocycles. The Bertz CT molecular complexity index is 1090. The highest BCUT2D eigenvalue weighted by Gasteiger charge is 2.35. The van der Waals surface area contributed by atoms with Crippen molar-refractivity contribution < 1.29 is 23.4 Å². The Kier molecular flexibility index (Phi) is 6.45. The molecular formula is C23H21ClF2N2O3. The molecule has 8 heteroatoms. The summed E-state index contributed by atoms with van der Waals surface area (Å²) in [5.41, 5.74) is 0.599. The number of methoxy groups -OCH3 is 1. The summed E-state index contributed by atoms with van der Waals surface area (Å²) in [6.07, 6.45) is 1.06. The van der Waals surface area contributed by atoms with E-state index in [4.69, 9.17) is 21.4 Å². The summed E-state index contributed by atoms with van der Waals surface area (Å²) >= 11 is 6.06. The largest absolute Gasteiger partial charge is 0.496 e. The second-order valence-corrected chi connectivity index (χ2v) is 7.47. The Morgan fingerprint density at radius 3 is 2.45 bits per heavy atom. The Hall–Kier alpha value is -3.19. The lowest BCUT2D eigenvalue weighted by Crippen LogP contribution is -2.36. The maximum Gasteiger partial charge on any atom is 0.326 e. The Labute approximate surface area is 183 Å². The first-order valence-corrected chi connectivity index (χ1v) is 9.77. The van der Waals surface area contributed by atoms with Gasteiger partial charge in [0.15, 0.2) is 0 Å². The number of carboxylic acid groups (broad SMARTS) is 1. The fourth-order valence-electron chi connectivity index (χ4n) is 3.10. The van der Waals surface area contributed by atoms with Crippen molar-refractivity contribution in [2.45, 2.75) is 18.9 Å². The molecule has 162 valence electrons. The number of hydrogen-bond acceptors (Lipinski definition) is 4. The van der Waals surface area contributed by atoms with Crippen LogP contribution in [0.1, 0.15) is 18.1 Å². The minimum Gasteiger partial charge on any atom is -0.496 e. The minimum absolute atomic E-state index is 0.231. The van der Waals surface area contributed by atoms with Gasteiger partial charge < -0.3 is 14.7 Å². The first-order chi connectivity index (χ1) is 14.6. The molecule has 3 aromatic rings. The van der Waals surface area contributed by atoms with E-state index >= 15 is 8.78 Å². The van der Waals surface area contributed by atoms with E-state index in [0.717, 1.165) is 6.20 Å². The Morgan fingerprint density at radius 2 is 1.87 bits per heavy atom. The van der Waals surface area contributed by atoms with Crippen molar-refractivity contribution in [3.05, 3.63) is 76.9 Å². The molecule has 0 radical (unpaired) electrons. The van der Waals surface area contributed by atoms with Gasteiger partial charge in [-0.25, -0.2) is 9.78 Å². The average molecular weight is 447 g/mol. The number of carbonyl (C=O) groups is 1. The molecule has 0 aliphatic rings. The second kappa shape index (κ2) is 8.89. The van der Waals surface area contributed by atoms with Crippen LogP contribution in [0.25, 0.3) is 11.1 Å². The zero-order chi connectivity index (χ0) is 22.8. The molecule has 0 saturated heterocycles. The average Bonchev–Trinajstić information content (AvgIpc) is 2.77. The van der Waals surface area contributed by atoms with Crippen molar-refractivity contribution in [1.82, 2.24) is 4.98 Å². The summed E-state index contributed by atoms with van der Waals surface area (Å²) in [6.45, 7) is 1.49. The number of anilines is 1. The van der Waals surface area contributed by atoms with Gasteiger partial charge in [0.1, 0.15) is 17.6 Å². The summed E-state index contributed by atoms with van der Waals surface area (Å²) < 4.78 is 36.0. The number of carboxylic acids is 1. The van der Waals surface area contributed by atoms with E-state index in [1.165, 1.54) is 49.3 Å². The summed E-state index contributed by atoms with van der Waals surface area (Å²) in [5.74, 6) is -3.64. The number of likely N-dealkylation sites (N-methyl/N-ethyl adjacent to an activating group) is 1. The maximum atomic E-state index is 15.3. The standard InChI is InChI=1S/C23H21ClF2N2O3/c1-14(22(29)30)28(2)21-10-8-17(13-27-21)23(25,26)16-7-9-20(31-3)19(12-16)15-5-4-6-18(24)11-15/h4-14H,1-3H3,(H,29,30). The van der Waals surface area contributed by atoms with Crippen molar-refractivity contribution in [2.24, 2.45) is 0 Å². The molecule has 0 bridgehead atoms. The topological polar surface area (TPSA) is 62.7 Å². The molecule has 0 aliphatic carbocycles. The quantitative estimate of drug-likeness (QED) is 0.522. The molecule has 1 unspecified atom stereocenters. The number of nitrogens with zero attached hydrogens (tertiary/aromatic N) is 2. The van der Waals surface area contributed by atoms with E-state index in [0.29, 0.717) is 21.9 Å². The first-order valence-electron chi connectivity index (χ1n) is 9.39. The lowest BCUT2D eigenvalue weighted by Gasteiger charge is -2.24. The van der Waals surface area contributed by atoms with Crippen LogP contribution in [0.5, 0.6) is 5.75 Å². The van der Waals surface area contributed by atoms with Crippen molar-refractivity contribution in [1.29, 1.82) is 0 Å². The van der Waals surface area contributed by atoms with E-state index in [1.807, 2.05) is 0 Å². The summed E-state index contributed by atoms with van der Waals surface area (Å²) in [6, 6.07) is 12.8. The van der Waals surface area contributed by atoms with Crippen LogP contribution < -0.4 is 9.64 Å². The molecule has 2 aromatic carbocycles. The number of aliphatic carboxylic acids is 1. The number of ether oxygens (including phenoxy) is 1. The highest BCUT2D eigenvalue weighted by molar-refractivity contribution is 6.30. The lowest BCUT2D eigenvalue weighted by molar-refractivity contribution is -0.138. The van der Waals surface area contributed by atoms with Gasteiger partial charge in [-0.15, -0.1) is 0 Å². The molecule has 0 amide bonds. The highest BCUT2D eigenvalue weighted by Crippen LogP contribution is 2.40. The third-order valence-electron chi connectivity index (χ3n) is 5.11. The van der Waals surface area contributed by atoms with Gasteiger partial charge in [-0.1, -0.05) is 23.7 Å². The van der Waals surface area contributed by atoms with Crippen LogP contribution in [0.2, 0.25) is 5.02 Å². The number of halogens is 3. The fourth-order valence-corrected chi connectivity index (χ4v) is 3.29. The summed E-state index contributed by atoms with van der Waals surface area (Å²) in [5, 5.41) is 9.60. The third kappa shape index (κ3) is 4.61. The molecule has 5 nitrogen and oxygen atoms in total. The normalized spacial score (nSPS) is 12.3. The molecule has 0 fully saturated rings. The zero-order valence-corrected chi connectivity index (χ0v) is 17.9. The fraction of sp³-hybridized carbons (Fsp3) is 0.217. The SMILES string of the molecule is COc1ccc(C(F)(F)c2ccc(N(C)C(C)C(=O)O)nc2)cc1-c1cccc(Cl)c1. The van der Waals surface area contributed by atoms with Gasteiger partial charge in [-0.3, -0.25) is 0 Å². The van der Waals surface area contributed by atoms with Crippen molar-refractivity contribution in [2.75, 3.05) is 19.1 Å². The molecule has 0 aliphatic heterocycles. The summed E-state index contributed by atoms with van der Waals surface area (Å²) in [4.78, 5) is 16.6. The van der Waals surface area contributed by atoms with Crippen LogP contribution in [0.4, 0.5) is 14.6 Å². The highest BCUT2D eigenvalue weighted by atomic mass is 35.5. The monoisotopic (exact) mass is 446 g/mol. The molecule has 1 aromatic heterocycles. The summed E-state index contributed by atoms with van der Waals surface area (Å²) in [7, 11) is 3.01. The van der Waals surface area contributed by atoms with Gasteiger partial charge in [-0.2, -0.15) is 8.78 Å². The van der Waals surface area contributed by atoms with Gasteiger partial charge in [0.2, 0.25) is 0 Å². The molecule has 1 heterocycles. The number of hydrogen-bond donors (Lipinski definition) is 1. The van der Waals surface area contributed by atoms with Crippen molar-refractivity contribution >= 4 is 23.4 Å². The van der Waals surface area contributed by atoms with Gasteiger partial charge in [0.05, 0.1) is 7.11 Å². The van der Waals surface area contributed by atoms with Crippen LogP contribution in [0, 0.1) is 0 Å². The van der Waals surface area contributed by atoms with Gasteiger partial charge in [0.25, 0.3) is 5.92 Å². The molecule has 31 heavy (non-hydrogen) atoms. The van der Waals surface area contributed by atoms with Crippen molar-refractivity contribution in [3.63, 3.8) is 0 Å². The third-order valence-corrected chi connectivity index (χ3v) is 5.34. The zero-order valence-electron chi connectivity index (χ0n) is 17.1. The van der Waals surface area contributed by atoms with Gasteiger partial charge in [-0.05, 0) is 55.0 Å². The molecule has 3 rings (SSSR count). The molecular weight excluding hydrogens is 426 g/mol. The number of benzene rings is 2. The Morgan fingerprint density at radius 1 is 1.16 bits per heavy atom. The van der Waals surface area contributed by atoms with Crippen LogP contribution in [0.3, 0.4) is 0 Å². The number of alkyl halides is 2. The minimum atomic E-state index is -3.33. The van der Waals surface area contributed by atoms with Crippen molar-refractivity contribution in [3.8, 4) is 16.9 Å². The second-order valence-electron chi connectivity index (χ2n) is 7.03. The van der Waals surface area contributed by atoms with Gasteiger partial charge in [0, 0.05) is 35.0 Å². The van der Waals surface area contributed by atoms with E-state index in [2.05, 4.69) is 4.98 Å². The van der Waals surface area contributed by atoms with E-state index in [1.54, 1.807) is 31.3 Å². The number of pyridine rings is 1. The van der Waals surface area contributed by atoms with E-state index in [9.17, 15) is 4.79 Å². The van der Waals surface area contributed by atoms with Gasteiger partial charge >= 0.3 is 5.97 Å². The maximum absolute atomic E-state index is 15.3. The van der Waals surface area contributed by atoms with Crippen LogP contribution in [-0.2, 0) is 10.7 Å². The van der Waals surface area contributed by atoms with Crippen LogP contribution in [0.15, 0.2) is 60.8 Å². The molecule has 0 spiro atoms. The predicted octanol–water partition coefficient (Wildman–Crippen LogP) is 5.46. The lowest BCUT2D eigenvalue weighted by atomic mass is 9.96. The van der Waals surface area contributed by atoms with E-state index in [-0.39, 0.29) is 16.9 Å². The first kappa shape index (κ1) is 22.5. The predicted molar refractivity (Wildman–Crippen MR) is 116 cm³/mol. The van der Waals surface area contributed by atoms with E-state index < -0.39 is 17.9 Å². The Balaban J connectivity index is 1.98.